The molecule has 62 heavy (non-hydrogen) atoms. The molecule has 10 aromatic rings. The van der Waals surface area contributed by atoms with Crippen LogP contribution < -0.4 is 42.4 Å². The monoisotopic (exact) mass is 868 g/mol. The van der Waals surface area contributed by atoms with E-state index in [-0.39, 0.29) is 0 Å². The molecule has 4 atom stereocenters. The average Bonchev–Trinajstić information content (AvgIpc) is 3.89. The SMILES string of the molecule is [B-][P+](C)(c1ccccc1)c1cccc2c1oc1c([P+]([B-])(C)c3ccccc3)cccc12.[B-][P+](C)(c1ccccc1)c1cccc2c1oc1c([P+]([B-])(C)c3ccccc3)cccc12. The summed E-state index contributed by atoms with van der Waals surface area (Å²) in [7, 11) is 19.7. The predicted molar refractivity (Wildman–Crippen MR) is 285 cm³/mol. The van der Waals surface area contributed by atoms with Gasteiger partial charge in [-0.05, 0) is 72.8 Å². The van der Waals surface area contributed by atoms with Crippen LogP contribution in [0.2, 0.25) is 0 Å². The standard InChI is InChI=1S/2C26H22B2OP2/c2*1-30(27,19-11-5-3-6-12-19)23-17-9-15-21-22-16-10-18-24(26(22)29-25(21)23)31(2,28)20-13-7-4-8-14-20/h2*3-18H,1-2H3. The Labute approximate surface area is 372 Å². The predicted octanol–water partition coefficient (Wildman–Crippen LogP) is 9.90. The second-order valence-electron chi connectivity index (χ2n) is 16.5. The van der Waals surface area contributed by atoms with Gasteiger partial charge in [0, 0.05) is 69.4 Å². The molecular weight excluding hydrogens is 824 g/mol. The Hall–Kier alpha value is -4.66. The van der Waals surface area contributed by atoms with Gasteiger partial charge < -0.3 is 8.83 Å². The zero-order chi connectivity index (χ0) is 43.3. The highest BCUT2D eigenvalue weighted by Crippen LogP contribution is 2.54. The Kier molecular flexibility index (Phi) is 11.6. The van der Waals surface area contributed by atoms with Crippen LogP contribution in [0.25, 0.3) is 43.9 Å². The summed E-state index contributed by atoms with van der Waals surface area (Å²) in [5.41, 5.74) is 3.50. The molecule has 10 rings (SSSR count). The van der Waals surface area contributed by atoms with Crippen LogP contribution in [0, 0.1) is 0 Å². The summed E-state index contributed by atoms with van der Waals surface area (Å²) in [5.74, 6) is 0. The van der Waals surface area contributed by atoms with Gasteiger partial charge in [0.05, 0.1) is 21.2 Å². The van der Waals surface area contributed by atoms with Crippen molar-refractivity contribution in [3.05, 3.63) is 194 Å². The largest absolute Gasteiger partial charge is 0.448 e. The molecule has 0 aliphatic carbocycles. The molecule has 0 saturated carbocycles. The number of fused-ring (bicyclic) bond motifs is 6. The minimum Gasteiger partial charge on any atom is -0.448 e. The molecule has 4 unspecified atom stereocenters. The van der Waals surface area contributed by atoms with Gasteiger partial charge >= 0.3 is 0 Å². The second-order valence-corrected chi connectivity index (χ2v) is 29.1. The second kappa shape index (κ2) is 16.8. The van der Waals surface area contributed by atoms with E-state index in [9.17, 15) is 0 Å². The first-order chi connectivity index (χ1) is 29.8. The van der Waals surface area contributed by atoms with Crippen molar-refractivity contribution in [2.75, 3.05) is 26.7 Å². The molecular formula is C52H44B4O2P4. The van der Waals surface area contributed by atoms with Crippen LogP contribution in [0.15, 0.2) is 203 Å². The van der Waals surface area contributed by atoms with E-state index in [4.69, 9.17) is 39.1 Å². The van der Waals surface area contributed by atoms with Gasteiger partial charge in [-0.1, -0.05) is 121 Å². The van der Waals surface area contributed by atoms with Gasteiger partial charge in [0.15, 0.2) is 22.3 Å². The summed E-state index contributed by atoms with van der Waals surface area (Å²) in [6, 6.07) is 66.6. The van der Waals surface area contributed by atoms with E-state index in [1.165, 1.54) is 0 Å². The Bertz CT molecular complexity index is 2760. The third-order valence-corrected chi connectivity index (χ3v) is 23.0. The van der Waals surface area contributed by atoms with Gasteiger partial charge in [0.25, 0.3) is 0 Å². The molecule has 10 heteroatoms. The van der Waals surface area contributed by atoms with Gasteiger partial charge in [0.1, 0.15) is 0 Å². The average molecular weight is 868 g/mol. The third-order valence-electron chi connectivity index (χ3n) is 12.1. The van der Waals surface area contributed by atoms with Crippen molar-refractivity contribution < 1.29 is 8.83 Å². The molecule has 2 aromatic heterocycles. The van der Waals surface area contributed by atoms with E-state index in [0.717, 1.165) is 86.3 Å². The molecule has 0 amide bonds. The number of benzene rings is 8. The summed E-state index contributed by atoms with van der Waals surface area (Å²) < 4.78 is 13.3. The fraction of sp³-hybridized carbons (Fsp3) is 0.0769. The Morgan fingerprint density at radius 1 is 0.258 bits per heavy atom. The highest BCUT2D eigenvalue weighted by atomic mass is 31.2. The van der Waals surface area contributed by atoms with Gasteiger partial charge in [-0.15, -0.1) is 0 Å². The van der Waals surface area contributed by atoms with Gasteiger partial charge in [-0.25, -0.2) is 0 Å². The molecule has 8 aromatic carbocycles. The lowest BCUT2D eigenvalue weighted by atomic mass is 10.1. The molecule has 0 spiro atoms. The molecule has 2 nitrogen and oxygen atoms in total. The molecule has 296 valence electrons. The Morgan fingerprint density at radius 3 is 0.645 bits per heavy atom. The summed E-state index contributed by atoms with van der Waals surface area (Å²) in [5, 5.41) is 13.3. The maximum absolute atomic E-state index is 7.00. The topological polar surface area (TPSA) is 26.3 Å². The lowest BCUT2D eigenvalue weighted by Gasteiger charge is -2.32. The van der Waals surface area contributed by atoms with Crippen LogP contribution in [0.5, 0.6) is 0 Å². The Morgan fingerprint density at radius 2 is 0.452 bits per heavy atom. The minimum absolute atomic E-state index is 0.875. The van der Waals surface area contributed by atoms with Crippen LogP contribution in [-0.2, 0) is 0 Å². The number of rotatable bonds is 8. The summed E-state index contributed by atoms with van der Waals surface area (Å²) >= 11 is 0. The van der Waals surface area contributed by atoms with Crippen LogP contribution in [0.4, 0.5) is 0 Å². The zero-order valence-electron chi connectivity index (χ0n) is 35.4. The van der Waals surface area contributed by atoms with Crippen molar-refractivity contribution >= 4 is 145 Å². The van der Waals surface area contributed by atoms with E-state index < -0.39 is 28.6 Å². The molecule has 0 fully saturated rings. The first kappa shape index (κ1) is 42.6. The molecule has 12 radical (unpaired) electrons. The van der Waals surface area contributed by atoms with Crippen molar-refractivity contribution in [1.29, 1.82) is 0 Å². The van der Waals surface area contributed by atoms with Crippen molar-refractivity contribution in [1.82, 2.24) is 0 Å². The highest BCUT2D eigenvalue weighted by Gasteiger charge is 2.30. The van der Waals surface area contributed by atoms with E-state index >= 15 is 0 Å². The quantitative estimate of drug-likeness (QED) is 0.112. The molecule has 0 aliphatic heterocycles. The number of furan rings is 2. The Balaban J connectivity index is 0.000000158. The highest BCUT2D eigenvalue weighted by molar-refractivity contribution is 8.09. The number of para-hydroxylation sites is 4. The number of hydrogen-bond donors (Lipinski definition) is 0. The maximum atomic E-state index is 7.00. The van der Waals surface area contributed by atoms with Crippen LogP contribution in [-0.4, -0.2) is 56.9 Å². The first-order valence-corrected chi connectivity index (χ1v) is 29.8. The molecule has 0 aliphatic rings. The fourth-order valence-corrected chi connectivity index (χ4v) is 16.8. The maximum Gasteiger partial charge on any atom is 0.173 e. The molecule has 0 saturated heterocycles. The van der Waals surface area contributed by atoms with E-state index in [1.807, 2.05) is 72.8 Å². The van der Waals surface area contributed by atoms with Crippen molar-refractivity contribution in [3.63, 3.8) is 0 Å². The van der Waals surface area contributed by atoms with Gasteiger partial charge in [-0.3, -0.25) is 30.3 Å². The summed E-state index contributed by atoms with van der Waals surface area (Å²) in [6.45, 7) is 8.59. The number of hydrogen-bond acceptors (Lipinski definition) is 2. The van der Waals surface area contributed by atoms with Crippen LogP contribution >= 0.6 is 28.6 Å². The van der Waals surface area contributed by atoms with Crippen LogP contribution in [0.3, 0.4) is 0 Å². The molecule has 2 heterocycles. The normalized spacial score (nSPS) is 15.6. The van der Waals surface area contributed by atoms with E-state index in [2.05, 4.69) is 148 Å². The van der Waals surface area contributed by atoms with Crippen molar-refractivity contribution in [2.45, 2.75) is 0 Å². The molecule has 0 bridgehead atoms. The van der Waals surface area contributed by atoms with E-state index in [0.29, 0.717) is 0 Å². The minimum atomic E-state index is -2.08. The fourth-order valence-electron chi connectivity index (χ4n) is 8.55. The van der Waals surface area contributed by atoms with Crippen LogP contribution in [0.1, 0.15) is 0 Å². The molecule has 0 N–H and O–H groups in total. The van der Waals surface area contributed by atoms with Gasteiger partial charge in [-0.2, -0.15) is 28.6 Å². The zero-order valence-corrected chi connectivity index (χ0v) is 39.0. The third kappa shape index (κ3) is 7.53. The smallest absolute Gasteiger partial charge is 0.173 e. The summed E-state index contributed by atoms with van der Waals surface area (Å²) in [6.07, 6.45) is 0. The van der Waals surface area contributed by atoms with Crippen molar-refractivity contribution in [3.8, 4) is 0 Å². The van der Waals surface area contributed by atoms with Gasteiger partial charge in [0.2, 0.25) is 0 Å². The lowest BCUT2D eigenvalue weighted by molar-refractivity contribution is 0.674. The van der Waals surface area contributed by atoms with E-state index in [1.54, 1.807) is 0 Å². The lowest BCUT2D eigenvalue weighted by Crippen LogP contribution is -2.22. The van der Waals surface area contributed by atoms with Crippen molar-refractivity contribution in [2.24, 2.45) is 0 Å². The summed E-state index contributed by atoms with van der Waals surface area (Å²) in [4.78, 5) is 0. The first-order valence-electron chi connectivity index (χ1n) is 20.5.